The highest BCUT2D eigenvalue weighted by molar-refractivity contribution is 6.00. The predicted octanol–water partition coefficient (Wildman–Crippen LogP) is 3.61. The van der Waals surface area contributed by atoms with Crippen LogP contribution in [0.2, 0.25) is 0 Å². The minimum atomic E-state index is -0.230. The molecule has 168 valence electrons. The lowest BCUT2D eigenvalue weighted by Gasteiger charge is -2.14. The number of methoxy groups -OCH3 is 1. The van der Waals surface area contributed by atoms with Crippen molar-refractivity contribution in [2.45, 2.75) is 26.9 Å². The predicted molar refractivity (Wildman–Crippen MR) is 127 cm³/mol. The van der Waals surface area contributed by atoms with Gasteiger partial charge >= 0.3 is 0 Å². The Bertz CT molecular complexity index is 1390. The summed E-state index contributed by atoms with van der Waals surface area (Å²) in [4.78, 5) is 36.9. The summed E-state index contributed by atoms with van der Waals surface area (Å²) < 4.78 is 7.26. The van der Waals surface area contributed by atoms with Crippen LogP contribution >= 0.6 is 0 Å². The first-order valence-corrected chi connectivity index (χ1v) is 10.6. The van der Waals surface area contributed by atoms with Gasteiger partial charge in [0.25, 0.3) is 11.5 Å². The van der Waals surface area contributed by atoms with E-state index in [1.165, 1.54) is 6.33 Å². The molecule has 0 aliphatic heterocycles. The second kappa shape index (κ2) is 9.52. The molecular formula is C25H25N5O3. The van der Waals surface area contributed by atoms with Gasteiger partial charge in [-0.05, 0) is 38.1 Å². The maximum atomic E-state index is 13.0. The summed E-state index contributed by atoms with van der Waals surface area (Å²) in [6.07, 6.45) is 10.4. The zero-order valence-corrected chi connectivity index (χ0v) is 18.8. The number of pyridine rings is 1. The van der Waals surface area contributed by atoms with E-state index in [1.54, 1.807) is 42.3 Å². The van der Waals surface area contributed by atoms with Crippen molar-refractivity contribution in [3.63, 3.8) is 0 Å². The average Bonchev–Trinajstić information content (AvgIpc) is 3.24. The lowest BCUT2D eigenvalue weighted by atomic mass is 9.99. The smallest absolute Gasteiger partial charge is 0.275 e. The number of aryl methyl sites for hydroxylation is 1. The molecule has 0 unspecified atom stereocenters. The molecule has 8 nitrogen and oxygen atoms in total. The number of carbonyl (C=O) groups is 1. The van der Waals surface area contributed by atoms with Crippen LogP contribution in [0.4, 0.5) is 0 Å². The summed E-state index contributed by atoms with van der Waals surface area (Å²) in [5.74, 6) is 0.380. The summed E-state index contributed by atoms with van der Waals surface area (Å²) in [6, 6.07) is 7.21. The lowest BCUT2D eigenvalue weighted by molar-refractivity contribution is 0.0951. The van der Waals surface area contributed by atoms with Crippen molar-refractivity contribution in [2.75, 3.05) is 7.11 Å². The monoisotopic (exact) mass is 443 g/mol. The zero-order valence-electron chi connectivity index (χ0n) is 18.8. The van der Waals surface area contributed by atoms with E-state index in [0.717, 1.165) is 27.8 Å². The van der Waals surface area contributed by atoms with Crippen LogP contribution in [0.1, 0.15) is 28.5 Å². The molecule has 0 spiro atoms. The summed E-state index contributed by atoms with van der Waals surface area (Å²) >= 11 is 0. The summed E-state index contributed by atoms with van der Waals surface area (Å²) in [6.45, 7) is 4.58. The van der Waals surface area contributed by atoms with Crippen LogP contribution in [0.15, 0.2) is 66.1 Å². The van der Waals surface area contributed by atoms with Gasteiger partial charge in [0.2, 0.25) is 0 Å². The number of allylic oxidation sites excluding steroid dienone is 2. The van der Waals surface area contributed by atoms with Crippen molar-refractivity contribution < 1.29 is 9.53 Å². The van der Waals surface area contributed by atoms with Crippen LogP contribution in [0, 0.1) is 6.92 Å². The van der Waals surface area contributed by atoms with E-state index in [9.17, 15) is 9.59 Å². The molecule has 0 aliphatic rings. The van der Waals surface area contributed by atoms with Crippen molar-refractivity contribution in [3.8, 4) is 16.9 Å². The summed E-state index contributed by atoms with van der Waals surface area (Å²) in [7, 11) is 1.59. The molecule has 0 fully saturated rings. The Morgan fingerprint density at radius 2 is 2.00 bits per heavy atom. The number of H-pyrrole nitrogens is 1. The highest BCUT2D eigenvalue weighted by Gasteiger charge is 2.18. The van der Waals surface area contributed by atoms with Crippen LogP contribution in [0.3, 0.4) is 0 Å². The number of ether oxygens (including phenoxy) is 1. The number of rotatable bonds is 7. The molecule has 0 aliphatic carbocycles. The Labute approximate surface area is 191 Å². The van der Waals surface area contributed by atoms with Gasteiger partial charge in [0.05, 0.1) is 7.11 Å². The highest BCUT2D eigenvalue weighted by Crippen LogP contribution is 2.35. The third kappa shape index (κ3) is 4.55. The first-order chi connectivity index (χ1) is 16.0. The third-order valence-corrected chi connectivity index (χ3v) is 5.36. The van der Waals surface area contributed by atoms with E-state index in [4.69, 9.17) is 4.74 Å². The lowest BCUT2D eigenvalue weighted by Crippen LogP contribution is -2.23. The highest BCUT2D eigenvalue weighted by atomic mass is 16.5. The van der Waals surface area contributed by atoms with E-state index < -0.39 is 0 Å². The fraction of sp³-hybridized carbons (Fsp3) is 0.200. The van der Waals surface area contributed by atoms with E-state index in [-0.39, 0.29) is 11.5 Å². The van der Waals surface area contributed by atoms with Crippen molar-refractivity contribution >= 4 is 16.8 Å². The molecule has 8 heteroatoms. The van der Waals surface area contributed by atoms with E-state index >= 15 is 0 Å². The number of fused-ring (bicyclic) bond motifs is 1. The quantitative estimate of drug-likeness (QED) is 0.425. The second-order valence-electron chi connectivity index (χ2n) is 7.65. The fourth-order valence-electron chi connectivity index (χ4n) is 3.73. The Kier molecular flexibility index (Phi) is 6.35. The van der Waals surface area contributed by atoms with Crippen LogP contribution < -0.4 is 15.6 Å². The van der Waals surface area contributed by atoms with Crippen molar-refractivity contribution in [2.24, 2.45) is 0 Å². The van der Waals surface area contributed by atoms with Crippen LogP contribution in [0.5, 0.6) is 5.75 Å². The summed E-state index contributed by atoms with van der Waals surface area (Å²) in [5.41, 5.74) is 4.13. The Balaban J connectivity index is 1.78. The van der Waals surface area contributed by atoms with Gasteiger partial charge in [-0.15, -0.1) is 0 Å². The van der Waals surface area contributed by atoms with Gasteiger partial charge in [0.15, 0.2) is 0 Å². The molecule has 0 saturated carbocycles. The SMILES string of the molecule is CC=CCn1cc(-c2cc(C(=O)NCc3cncnc3)ccc2OC)c2cc(C)[nH]c2c1=O. The third-order valence-electron chi connectivity index (χ3n) is 5.36. The zero-order chi connectivity index (χ0) is 23.4. The van der Waals surface area contributed by atoms with Crippen LogP contribution in [-0.2, 0) is 13.1 Å². The number of amides is 1. The van der Waals surface area contributed by atoms with E-state index in [2.05, 4.69) is 20.3 Å². The molecule has 0 radical (unpaired) electrons. The Morgan fingerprint density at radius 1 is 1.21 bits per heavy atom. The number of nitrogens with zero attached hydrogens (tertiary/aromatic N) is 3. The molecular weight excluding hydrogens is 418 g/mol. The van der Waals surface area contributed by atoms with Gasteiger partial charge in [-0.2, -0.15) is 0 Å². The van der Waals surface area contributed by atoms with Crippen LogP contribution in [-0.4, -0.2) is 32.5 Å². The largest absolute Gasteiger partial charge is 0.496 e. The van der Waals surface area contributed by atoms with Gasteiger partial charge in [-0.3, -0.25) is 9.59 Å². The van der Waals surface area contributed by atoms with E-state index in [0.29, 0.717) is 29.9 Å². The summed E-state index contributed by atoms with van der Waals surface area (Å²) in [5, 5.41) is 3.67. The number of aromatic amines is 1. The van der Waals surface area contributed by atoms with Gasteiger partial charge in [0, 0.05) is 65.0 Å². The maximum absolute atomic E-state index is 13.0. The minimum Gasteiger partial charge on any atom is -0.496 e. The maximum Gasteiger partial charge on any atom is 0.275 e. The van der Waals surface area contributed by atoms with Crippen molar-refractivity contribution in [1.29, 1.82) is 0 Å². The molecule has 1 amide bonds. The molecule has 3 aromatic heterocycles. The molecule has 2 N–H and O–H groups in total. The normalized spacial score (nSPS) is 11.2. The molecule has 3 heterocycles. The van der Waals surface area contributed by atoms with Gasteiger partial charge in [0.1, 0.15) is 17.6 Å². The molecule has 0 saturated heterocycles. The van der Waals surface area contributed by atoms with Gasteiger partial charge < -0.3 is 19.6 Å². The number of aromatic nitrogens is 4. The molecule has 4 rings (SSSR count). The molecule has 0 bridgehead atoms. The average molecular weight is 444 g/mol. The molecule has 33 heavy (non-hydrogen) atoms. The van der Waals surface area contributed by atoms with Gasteiger partial charge in [-0.1, -0.05) is 12.2 Å². The first kappa shape index (κ1) is 22.0. The number of hydrogen-bond acceptors (Lipinski definition) is 5. The number of benzene rings is 1. The van der Waals surface area contributed by atoms with Gasteiger partial charge in [-0.25, -0.2) is 9.97 Å². The minimum absolute atomic E-state index is 0.0992. The van der Waals surface area contributed by atoms with E-state index in [1.807, 2.05) is 38.3 Å². The molecule has 4 aromatic rings. The van der Waals surface area contributed by atoms with Crippen molar-refractivity contribution in [1.82, 2.24) is 24.8 Å². The Hall–Kier alpha value is -4.20. The first-order valence-electron chi connectivity index (χ1n) is 10.6. The number of nitrogens with one attached hydrogen (secondary N) is 2. The molecule has 1 aromatic carbocycles. The second-order valence-corrected chi connectivity index (χ2v) is 7.65. The molecule has 0 atom stereocenters. The topological polar surface area (TPSA) is 102 Å². The number of carbonyl (C=O) groups excluding carboxylic acids is 1. The number of hydrogen-bond donors (Lipinski definition) is 2. The van der Waals surface area contributed by atoms with Crippen molar-refractivity contribution in [3.05, 3.63) is 88.5 Å². The van der Waals surface area contributed by atoms with Crippen LogP contribution in [0.25, 0.3) is 22.0 Å². The standard InChI is InChI=1S/C25H25N5O3/c1-4-5-8-30-14-21(20-9-16(2)29-23(20)25(30)32)19-10-18(6-7-22(19)33-3)24(31)28-13-17-11-26-15-27-12-17/h4-7,9-12,14-15,29H,8,13H2,1-3H3,(H,28,31). The fourth-order valence-corrected chi connectivity index (χ4v) is 3.73. The Morgan fingerprint density at radius 3 is 2.73 bits per heavy atom.